The number of rotatable bonds is 10. The molecule has 2 rings (SSSR count). The molecule has 0 bridgehead atoms. The van der Waals surface area contributed by atoms with Crippen LogP contribution in [0.15, 0.2) is 42.5 Å². The SMILES string of the molecule is CCC(C)NC(=O)C(C)N(Cc1ccccc1F)C(=O)CN(c1cc(C(F)(F)F)ccc1Cl)S(C)(=O)=O. The zero-order valence-electron chi connectivity index (χ0n) is 20.6. The number of nitrogens with zero attached hydrogens (tertiary/aromatic N) is 2. The molecule has 2 amide bonds. The molecule has 0 saturated heterocycles. The summed E-state index contributed by atoms with van der Waals surface area (Å²) in [5.74, 6) is -2.17. The smallest absolute Gasteiger partial charge is 0.352 e. The molecular formula is C24H28ClF4N3O4S. The van der Waals surface area contributed by atoms with Crippen molar-refractivity contribution in [3.05, 3.63) is 64.4 Å². The van der Waals surface area contributed by atoms with Crippen LogP contribution in [0.25, 0.3) is 0 Å². The number of nitrogens with one attached hydrogen (secondary N) is 1. The Morgan fingerprint density at radius 3 is 2.27 bits per heavy atom. The van der Waals surface area contributed by atoms with E-state index in [0.717, 1.165) is 17.0 Å². The van der Waals surface area contributed by atoms with Crippen LogP contribution >= 0.6 is 11.6 Å². The number of halogens is 5. The molecular weight excluding hydrogens is 538 g/mol. The summed E-state index contributed by atoms with van der Waals surface area (Å²) in [6, 6.07) is 6.19. The van der Waals surface area contributed by atoms with E-state index in [0.29, 0.717) is 29.1 Å². The summed E-state index contributed by atoms with van der Waals surface area (Å²) in [7, 11) is -4.32. The first-order chi connectivity index (χ1) is 17.1. The minimum atomic E-state index is -4.80. The van der Waals surface area contributed by atoms with E-state index in [1.807, 2.05) is 6.92 Å². The minimum absolute atomic E-state index is 0.0575. The van der Waals surface area contributed by atoms with Crippen molar-refractivity contribution in [3.63, 3.8) is 0 Å². The van der Waals surface area contributed by atoms with Crippen molar-refractivity contribution in [2.45, 2.75) is 52.0 Å². The van der Waals surface area contributed by atoms with Crippen LogP contribution in [0.1, 0.15) is 38.3 Å². The van der Waals surface area contributed by atoms with Gasteiger partial charge in [0.25, 0.3) is 0 Å². The zero-order valence-corrected chi connectivity index (χ0v) is 22.2. The summed E-state index contributed by atoms with van der Waals surface area (Å²) in [5.41, 5.74) is -1.67. The topological polar surface area (TPSA) is 86.8 Å². The Labute approximate surface area is 218 Å². The fourth-order valence-electron chi connectivity index (χ4n) is 3.33. The summed E-state index contributed by atoms with van der Waals surface area (Å²) in [4.78, 5) is 27.2. The number of benzene rings is 2. The highest BCUT2D eigenvalue weighted by molar-refractivity contribution is 7.92. The molecule has 1 N–H and O–H groups in total. The Kier molecular flexibility index (Phi) is 9.95. The average molecular weight is 566 g/mol. The van der Waals surface area contributed by atoms with Gasteiger partial charge in [0, 0.05) is 18.2 Å². The maximum atomic E-state index is 14.4. The van der Waals surface area contributed by atoms with Crippen molar-refractivity contribution < 1.29 is 35.6 Å². The third-order valence-corrected chi connectivity index (χ3v) is 7.13. The predicted octanol–water partition coefficient (Wildman–Crippen LogP) is 4.60. The molecule has 0 aliphatic carbocycles. The number of carbonyl (C=O) groups excluding carboxylic acids is 2. The standard InChI is InChI=1S/C24H28ClF4N3O4S/c1-5-15(2)30-23(34)16(3)31(13-17-8-6-7-9-20(17)26)22(33)14-32(37(4,35)36)21-12-18(24(27,28)29)10-11-19(21)25/h6-12,15-16H,5,13-14H2,1-4H3,(H,30,34). The summed E-state index contributed by atoms with van der Waals surface area (Å²) in [6.45, 7) is 3.59. The first-order valence-corrected chi connectivity index (χ1v) is 13.5. The van der Waals surface area contributed by atoms with Gasteiger partial charge in [-0.3, -0.25) is 13.9 Å². The van der Waals surface area contributed by atoms with E-state index in [1.165, 1.54) is 25.1 Å². The molecule has 7 nitrogen and oxygen atoms in total. The third kappa shape index (κ3) is 8.06. The van der Waals surface area contributed by atoms with Gasteiger partial charge in [-0.1, -0.05) is 36.7 Å². The quantitative estimate of drug-likeness (QED) is 0.427. The normalized spacial score (nSPS) is 13.5. The van der Waals surface area contributed by atoms with E-state index in [9.17, 15) is 35.6 Å². The summed E-state index contributed by atoms with van der Waals surface area (Å²) in [5, 5.41) is 2.37. The van der Waals surface area contributed by atoms with Gasteiger partial charge in [0.15, 0.2) is 0 Å². The van der Waals surface area contributed by atoms with Crippen molar-refractivity contribution in [1.82, 2.24) is 10.2 Å². The third-order valence-electron chi connectivity index (χ3n) is 5.69. The Bertz CT molecular complexity index is 1240. The second kappa shape index (κ2) is 12.1. The Morgan fingerprint density at radius 2 is 1.73 bits per heavy atom. The first-order valence-electron chi connectivity index (χ1n) is 11.2. The molecule has 37 heavy (non-hydrogen) atoms. The maximum absolute atomic E-state index is 14.4. The second-order valence-corrected chi connectivity index (χ2v) is 10.9. The molecule has 204 valence electrons. The molecule has 0 fully saturated rings. The largest absolute Gasteiger partial charge is 0.416 e. The van der Waals surface area contributed by atoms with Crippen molar-refractivity contribution in [2.75, 3.05) is 17.1 Å². The van der Waals surface area contributed by atoms with Gasteiger partial charge in [-0.25, -0.2) is 12.8 Å². The molecule has 2 atom stereocenters. The lowest BCUT2D eigenvalue weighted by Gasteiger charge is -2.32. The first kappa shape index (κ1) is 30.4. The molecule has 2 aromatic rings. The summed E-state index contributed by atoms with van der Waals surface area (Å²) in [6.07, 6.45) is -3.50. The van der Waals surface area contributed by atoms with Gasteiger partial charge in [0.1, 0.15) is 18.4 Å². The van der Waals surface area contributed by atoms with Gasteiger partial charge in [-0.05, 0) is 44.5 Å². The van der Waals surface area contributed by atoms with Crippen LogP contribution in [-0.4, -0.2) is 50.0 Å². The molecule has 13 heteroatoms. The van der Waals surface area contributed by atoms with Gasteiger partial charge in [0.05, 0.1) is 22.5 Å². The zero-order chi connectivity index (χ0) is 28.1. The second-order valence-electron chi connectivity index (χ2n) is 8.54. The van der Waals surface area contributed by atoms with Crippen LogP contribution in [0.5, 0.6) is 0 Å². The Balaban J connectivity index is 2.51. The lowest BCUT2D eigenvalue weighted by atomic mass is 10.1. The van der Waals surface area contributed by atoms with Crippen molar-refractivity contribution in [2.24, 2.45) is 0 Å². The van der Waals surface area contributed by atoms with E-state index in [-0.39, 0.29) is 16.6 Å². The van der Waals surface area contributed by atoms with Gasteiger partial charge in [0.2, 0.25) is 21.8 Å². The number of hydrogen-bond acceptors (Lipinski definition) is 4. The lowest BCUT2D eigenvalue weighted by molar-refractivity contribution is -0.139. The molecule has 0 aromatic heterocycles. The number of amides is 2. The van der Waals surface area contributed by atoms with Crippen LogP contribution in [0, 0.1) is 5.82 Å². The molecule has 0 heterocycles. The molecule has 0 aliphatic heterocycles. The van der Waals surface area contributed by atoms with Gasteiger partial charge in [-0.15, -0.1) is 0 Å². The van der Waals surface area contributed by atoms with Crippen LogP contribution in [0.4, 0.5) is 23.2 Å². The fraction of sp³-hybridized carbons (Fsp3) is 0.417. The van der Waals surface area contributed by atoms with Gasteiger partial charge in [-0.2, -0.15) is 13.2 Å². The van der Waals surface area contributed by atoms with E-state index in [4.69, 9.17) is 11.6 Å². The van der Waals surface area contributed by atoms with E-state index in [1.54, 1.807) is 6.92 Å². The minimum Gasteiger partial charge on any atom is -0.352 e. The van der Waals surface area contributed by atoms with Crippen LogP contribution in [0.3, 0.4) is 0 Å². The number of anilines is 1. The van der Waals surface area contributed by atoms with Crippen LogP contribution < -0.4 is 9.62 Å². The number of carbonyl (C=O) groups is 2. The summed E-state index contributed by atoms with van der Waals surface area (Å²) >= 11 is 6.03. The summed E-state index contributed by atoms with van der Waals surface area (Å²) < 4.78 is 79.9. The highest BCUT2D eigenvalue weighted by Gasteiger charge is 2.35. The molecule has 2 unspecified atom stereocenters. The highest BCUT2D eigenvalue weighted by atomic mass is 35.5. The molecule has 0 aliphatic rings. The molecule has 0 saturated carbocycles. The average Bonchev–Trinajstić information content (AvgIpc) is 2.80. The van der Waals surface area contributed by atoms with Crippen molar-refractivity contribution >= 4 is 39.1 Å². The number of sulfonamides is 1. The number of hydrogen-bond donors (Lipinski definition) is 1. The van der Waals surface area contributed by atoms with Crippen LogP contribution in [-0.2, 0) is 32.3 Å². The highest BCUT2D eigenvalue weighted by Crippen LogP contribution is 2.36. The van der Waals surface area contributed by atoms with Gasteiger partial charge >= 0.3 is 6.18 Å². The van der Waals surface area contributed by atoms with Crippen LogP contribution in [0.2, 0.25) is 5.02 Å². The van der Waals surface area contributed by atoms with E-state index in [2.05, 4.69) is 5.32 Å². The predicted molar refractivity (Wildman–Crippen MR) is 133 cm³/mol. The van der Waals surface area contributed by atoms with Gasteiger partial charge < -0.3 is 10.2 Å². The fourth-order valence-corrected chi connectivity index (χ4v) is 4.46. The monoisotopic (exact) mass is 565 g/mol. The Morgan fingerprint density at radius 1 is 1.11 bits per heavy atom. The molecule has 2 aromatic carbocycles. The molecule has 0 radical (unpaired) electrons. The number of alkyl halides is 3. The van der Waals surface area contributed by atoms with E-state index >= 15 is 0 Å². The lowest BCUT2D eigenvalue weighted by Crippen LogP contribution is -2.52. The maximum Gasteiger partial charge on any atom is 0.416 e. The van der Waals surface area contributed by atoms with Crippen molar-refractivity contribution in [1.29, 1.82) is 0 Å². The van der Waals surface area contributed by atoms with Crippen molar-refractivity contribution in [3.8, 4) is 0 Å². The molecule has 0 spiro atoms. The van der Waals surface area contributed by atoms with E-state index < -0.39 is 64.2 Å². The Hall–Kier alpha value is -2.86.